The number of aldehydes is 1. The van der Waals surface area contributed by atoms with Crippen LogP contribution >= 0.6 is 24.0 Å². The SMILES string of the molecule is N#Cc1cc(C=O)c(S)c2sccc12. The Morgan fingerprint density at radius 3 is 3.00 bits per heavy atom. The number of thiol groups is 1. The van der Waals surface area contributed by atoms with Crippen molar-refractivity contribution in [2.75, 3.05) is 0 Å². The Bertz CT molecular complexity index is 551. The van der Waals surface area contributed by atoms with E-state index in [1.54, 1.807) is 6.07 Å². The highest BCUT2D eigenvalue weighted by atomic mass is 32.1. The number of carbonyl (C=O) groups excluding carboxylic acids is 1. The normalized spacial score (nSPS) is 10.0. The van der Waals surface area contributed by atoms with E-state index in [0.29, 0.717) is 16.0 Å². The van der Waals surface area contributed by atoms with E-state index in [0.717, 1.165) is 16.4 Å². The maximum absolute atomic E-state index is 10.7. The zero-order valence-corrected chi connectivity index (χ0v) is 8.73. The molecule has 0 aliphatic heterocycles. The van der Waals surface area contributed by atoms with E-state index in [-0.39, 0.29) is 0 Å². The molecule has 1 aromatic carbocycles. The van der Waals surface area contributed by atoms with Gasteiger partial charge in [0.2, 0.25) is 0 Å². The molecule has 2 rings (SSSR count). The maximum Gasteiger partial charge on any atom is 0.151 e. The van der Waals surface area contributed by atoms with Crippen molar-refractivity contribution in [3.63, 3.8) is 0 Å². The van der Waals surface area contributed by atoms with Crippen LogP contribution in [-0.2, 0) is 0 Å². The van der Waals surface area contributed by atoms with Crippen molar-refractivity contribution >= 4 is 40.3 Å². The van der Waals surface area contributed by atoms with Gasteiger partial charge in [0.15, 0.2) is 6.29 Å². The second-order valence-electron chi connectivity index (χ2n) is 2.76. The third kappa shape index (κ3) is 1.22. The summed E-state index contributed by atoms with van der Waals surface area (Å²) in [5, 5.41) is 11.6. The lowest BCUT2D eigenvalue weighted by Crippen LogP contribution is -1.86. The summed E-state index contributed by atoms with van der Waals surface area (Å²) in [5.41, 5.74) is 1.00. The fraction of sp³-hybridized carbons (Fsp3) is 0. The number of hydrogen-bond acceptors (Lipinski definition) is 4. The Morgan fingerprint density at radius 2 is 2.36 bits per heavy atom. The molecule has 1 aromatic heterocycles. The minimum atomic E-state index is 0.472. The summed E-state index contributed by atoms with van der Waals surface area (Å²) >= 11 is 5.75. The average Bonchev–Trinajstić information content (AvgIpc) is 2.68. The van der Waals surface area contributed by atoms with Crippen molar-refractivity contribution in [3.05, 3.63) is 28.6 Å². The van der Waals surface area contributed by atoms with E-state index < -0.39 is 0 Å². The number of rotatable bonds is 1. The predicted molar refractivity (Wildman–Crippen MR) is 59.2 cm³/mol. The van der Waals surface area contributed by atoms with Gasteiger partial charge in [-0.2, -0.15) is 5.26 Å². The Labute approximate surface area is 90.2 Å². The number of nitriles is 1. The molecule has 2 aromatic rings. The first-order chi connectivity index (χ1) is 6.77. The van der Waals surface area contributed by atoms with Gasteiger partial charge in [0, 0.05) is 20.5 Å². The van der Waals surface area contributed by atoms with Crippen LogP contribution in [0.15, 0.2) is 22.4 Å². The lowest BCUT2D eigenvalue weighted by molar-refractivity contribution is 0.112. The summed E-state index contributed by atoms with van der Waals surface area (Å²) in [5.74, 6) is 0. The zero-order valence-electron chi connectivity index (χ0n) is 7.02. The molecule has 0 bridgehead atoms. The van der Waals surface area contributed by atoms with Gasteiger partial charge in [-0.1, -0.05) is 0 Å². The highest BCUT2D eigenvalue weighted by Gasteiger charge is 2.09. The first-order valence-electron chi connectivity index (χ1n) is 3.86. The number of hydrogen-bond donors (Lipinski definition) is 1. The highest BCUT2D eigenvalue weighted by molar-refractivity contribution is 7.80. The first-order valence-corrected chi connectivity index (χ1v) is 5.19. The second-order valence-corrected chi connectivity index (χ2v) is 4.12. The van der Waals surface area contributed by atoms with Gasteiger partial charge in [-0.05, 0) is 17.5 Å². The molecule has 1 heterocycles. The van der Waals surface area contributed by atoms with Crippen molar-refractivity contribution in [3.8, 4) is 6.07 Å². The van der Waals surface area contributed by atoms with Crippen LogP contribution in [-0.4, -0.2) is 6.29 Å². The van der Waals surface area contributed by atoms with Gasteiger partial charge < -0.3 is 0 Å². The molecule has 4 heteroatoms. The smallest absolute Gasteiger partial charge is 0.151 e. The van der Waals surface area contributed by atoms with Crippen molar-refractivity contribution < 1.29 is 4.79 Å². The van der Waals surface area contributed by atoms with Crippen molar-refractivity contribution in [2.45, 2.75) is 4.90 Å². The van der Waals surface area contributed by atoms with Crippen LogP contribution < -0.4 is 0 Å². The number of nitrogens with zero attached hydrogens (tertiary/aromatic N) is 1. The molecule has 0 aliphatic rings. The minimum Gasteiger partial charge on any atom is -0.298 e. The third-order valence-electron chi connectivity index (χ3n) is 1.99. The molecule has 0 radical (unpaired) electrons. The van der Waals surface area contributed by atoms with Crippen molar-refractivity contribution in [1.29, 1.82) is 5.26 Å². The highest BCUT2D eigenvalue weighted by Crippen LogP contribution is 2.32. The molecule has 0 aliphatic carbocycles. The number of fused-ring (bicyclic) bond motifs is 1. The molecular formula is C10H5NOS2. The Kier molecular flexibility index (Phi) is 2.28. The van der Waals surface area contributed by atoms with E-state index in [9.17, 15) is 4.79 Å². The topological polar surface area (TPSA) is 40.9 Å². The molecular weight excluding hydrogens is 214 g/mol. The minimum absolute atomic E-state index is 0.472. The van der Waals surface area contributed by atoms with Crippen molar-refractivity contribution in [1.82, 2.24) is 0 Å². The van der Waals surface area contributed by atoms with Gasteiger partial charge in [-0.25, -0.2) is 0 Å². The van der Waals surface area contributed by atoms with Gasteiger partial charge in [0.25, 0.3) is 0 Å². The van der Waals surface area contributed by atoms with Gasteiger partial charge in [-0.3, -0.25) is 4.79 Å². The van der Waals surface area contributed by atoms with Crippen molar-refractivity contribution in [2.24, 2.45) is 0 Å². The molecule has 0 fully saturated rings. The zero-order chi connectivity index (χ0) is 10.1. The molecule has 0 spiro atoms. The Morgan fingerprint density at radius 1 is 1.57 bits per heavy atom. The summed E-state index contributed by atoms with van der Waals surface area (Å²) in [4.78, 5) is 11.4. The van der Waals surface area contributed by atoms with E-state index in [4.69, 9.17) is 5.26 Å². The first kappa shape index (κ1) is 9.25. The molecule has 0 atom stereocenters. The van der Waals surface area contributed by atoms with Crippen LogP contribution in [0, 0.1) is 11.3 Å². The molecule has 0 N–H and O–H groups in total. The lowest BCUT2D eigenvalue weighted by atomic mass is 10.1. The largest absolute Gasteiger partial charge is 0.298 e. The van der Waals surface area contributed by atoms with Gasteiger partial charge >= 0.3 is 0 Å². The number of thiophene rings is 1. The number of carbonyl (C=O) groups is 1. The Balaban J connectivity index is 2.95. The molecule has 0 amide bonds. The fourth-order valence-electron chi connectivity index (χ4n) is 1.32. The van der Waals surface area contributed by atoms with Gasteiger partial charge in [0.1, 0.15) is 0 Å². The molecule has 0 saturated heterocycles. The summed E-state index contributed by atoms with van der Waals surface area (Å²) in [6, 6.07) is 5.51. The fourth-order valence-corrected chi connectivity index (χ4v) is 2.59. The average molecular weight is 219 g/mol. The summed E-state index contributed by atoms with van der Waals surface area (Å²) in [6.45, 7) is 0. The van der Waals surface area contributed by atoms with Crippen LogP contribution in [0.4, 0.5) is 0 Å². The quantitative estimate of drug-likeness (QED) is 0.592. The molecule has 0 saturated carbocycles. The monoisotopic (exact) mass is 219 g/mol. The molecule has 0 unspecified atom stereocenters. The molecule has 68 valence electrons. The Hall–Kier alpha value is -1.31. The van der Waals surface area contributed by atoms with E-state index >= 15 is 0 Å². The van der Waals surface area contributed by atoms with E-state index in [1.165, 1.54) is 11.3 Å². The molecule has 2 nitrogen and oxygen atoms in total. The standard InChI is InChI=1S/C10H5NOS2/c11-4-6-3-7(5-12)9(13)10-8(6)1-2-14-10/h1-3,5,13H. The van der Waals surface area contributed by atoms with Gasteiger partial charge in [0.05, 0.1) is 11.6 Å². The summed E-state index contributed by atoms with van der Waals surface area (Å²) < 4.78 is 0.898. The van der Waals surface area contributed by atoms with Crippen LogP contribution in [0.3, 0.4) is 0 Å². The van der Waals surface area contributed by atoms with Crippen LogP contribution in [0.2, 0.25) is 0 Å². The van der Waals surface area contributed by atoms with E-state index in [2.05, 4.69) is 18.7 Å². The summed E-state index contributed by atoms with van der Waals surface area (Å²) in [6.07, 6.45) is 0.725. The number of benzene rings is 1. The van der Waals surface area contributed by atoms with Crippen LogP contribution in [0.5, 0.6) is 0 Å². The van der Waals surface area contributed by atoms with Crippen LogP contribution in [0.25, 0.3) is 10.1 Å². The van der Waals surface area contributed by atoms with E-state index in [1.807, 2.05) is 11.4 Å². The van der Waals surface area contributed by atoms with Gasteiger partial charge in [-0.15, -0.1) is 24.0 Å². The van der Waals surface area contributed by atoms with Crippen LogP contribution in [0.1, 0.15) is 15.9 Å². The lowest BCUT2D eigenvalue weighted by Gasteiger charge is -2.00. The maximum atomic E-state index is 10.7. The predicted octanol–water partition coefficient (Wildman–Crippen LogP) is 2.87. The molecule has 14 heavy (non-hydrogen) atoms. The second kappa shape index (κ2) is 3.45. The third-order valence-corrected chi connectivity index (χ3v) is 3.56. The summed E-state index contributed by atoms with van der Waals surface area (Å²) in [7, 11) is 0.